The van der Waals surface area contributed by atoms with Crippen molar-refractivity contribution in [3.05, 3.63) is 35.5 Å². The van der Waals surface area contributed by atoms with Crippen molar-refractivity contribution in [2.45, 2.75) is 46.1 Å². The fourth-order valence-corrected chi connectivity index (χ4v) is 3.48. The molecular formula is C20H24N6O2. The van der Waals surface area contributed by atoms with E-state index in [1.165, 1.54) is 0 Å². The van der Waals surface area contributed by atoms with Crippen molar-refractivity contribution in [1.29, 1.82) is 0 Å². The maximum Gasteiger partial charge on any atom is 0.225 e. The molecule has 8 nitrogen and oxygen atoms in total. The Hall–Kier alpha value is -2.87. The summed E-state index contributed by atoms with van der Waals surface area (Å²) in [5.41, 5.74) is 4.85. The third-order valence-electron chi connectivity index (χ3n) is 5.13. The Balaban J connectivity index is 1.82. The standard InChI is InChI=1S/C20H24N6O2/c1-4-15-13(3)25-28-19(15)16-10-23-20(26-7-5-14(27)6-8-26)24-18(16)17-11-21-12(2)9-22-17/h9-11,14,27H,4-8H2,1-3H3. The lowest BCUT2D eigenvalue weighted by Gasteiger charge is -2.29. The average molecular weight is 380 g/mol. The van der Waals surface area contributed by atoms with Gasteiger partial charge in [0.05, 0.1) is 29.3 Å². The van der Waals surface area contributed by atoms with Gasteiger partial charge in [0.25, 0.3) is 0 Å². The summed E-state index contributed by atoms with van der Waals surface area (Å²) >= 11 is 0. The summed E-state index contributed by atoms with van der Waals surface area (Å²) in [6.45, 7) is 7.35. The van der Waals surface area contributed by atoms with Gasteiger partial charge in [0.2, 0.25) is 5.95 Å². The lowest BCUT2D eigenvalue weighted by atomic mass is 10.0. The average Bonchev–Trinajstić information content (AvgIpc) is 3.09. The van der Waals surface area contributed by atoms with Gasteiger partial charge in [-0.1, -0.05) is 12.1 Å². The van der Waals surface area contributed by atoms with Crippen molar-refractivity contribution in [2.75, 3.05) is 18.0 Å². The van der Waals surface area contributed by atoms with Crippen LogP contribution in [0.3, 0.4) is 0 Å². The molecule has 1 saturated heterocycles. The fraction of sp³-hybridized carbons (Fsp3) is 0.450. The minimum atomic E-state index is -0.248. The molecule has 1 fully saturated rings. The normalized spacial score (nSPS) is 15.2. The molecule has 28 heavy (non-hydrogen) atoms. The van der Waals surface area contributed by atoms with Crippen molar-refractivity contribution in [3.63, 3.8) is 0 Å². The van der Waals surface area contributed by atoms with Gasteiger partial charge in [-0.2, -0.15) is 0 Å². The van der Waals surface area contributed by atoms with Crippen molar-refractivity contribution >= 4 is 5.95 Å². The highest BCUT2D eigenvalue weighted by Crippen LogP contribution is 2.34. The van der Waals surface area contributed by atoms with Crippen LogP contribution in [0, 0.1) is 13.8 Å². The van der Waals surface area contributed by atoms with Gasteiger partial charge in [-0.25, -0.2) is 9.97 Å². The van der Waals surface area contributed by atoms with E-state index in [1.807, 2.05) is 13.8 Å². The summed E-state index contributed by atoms with van der Waals surface area (Å²) in [5, 5.41) is 13.9. The number of nitrogens with zero attached hydrogens (tertiary/aromatic N) is 6. The maximum absolute atomic E-state index is 9.78. The third-order valence-corrected chi connectivity index (χ3v) is 5.13. The number of aliphatic hydroxyl groups is 1. The zero-order valence-electron chi connectivity index (χ0n) is 16.4. The molecule has 0 unspecified atom stereocenters. The smallest absolute Gasteiger partial charge is 0.225 e. The molecule has 0 bridgehead atoms. The first-order chi connectivity index (χ1) is 13.6. The highest BCUT2D eigenvalue weighted by atomic mass is 16.5. The van der Waals surface area contributed by atoms with E-state index in [0.29, 0.717) is 35.9 Å². The predicted molar refractivity (Wildman–Crippen MR) is 105 cm³/mol. The van der Waals surface area contributed by atoms with E-state index in [-0.39, 0.29) is 6.10 Å². The first kappa shape index (κ1) is 18.5. The van der Waals surface area contributed by atoms with Crippen LogP contribution in [0.15, 0.2) is 23.1 Å². The topological polar surface area (TPSA) is 101 Å². The van der Waals surface area contributed by atoms with Gasteiger partial charge >= 0.3 is 0 Å². The van der Waals surface area contributed by atoms with E-state index in [4.69, 9.17) is 9.51 Å². The molecule has 0 amide bonds. The summed E-state index contributed by atoms with van der Waals surface area (Å²) in [6, 6.07) is 0. The van der Waals surface area contributed by atoms with E-state index in [1.54, 1.807) is 18.6 Å². The van der Waals surface area contributed by atoms with Crippen molar-refractivity contribution in [2.24, 2.45) is 0 Å². The van der Waals surface area contributed by atoms with Crippen LogP contribution in [-0.2, 0) is 6.42 Å². The summed E-state index contributed by atoms with van der Waals surface area (Å²) in [7, 11) is 0. The number of anilines is 1. The zero-order valence-corrected chi connectivity index (χ0v) is 16.4. The van der Waals surface area contributed by atoms with E-state index in [2.05, 4.69) is 31.9 Å². The molecule has 3 aromatic rings. The molecule has 0 aliphatic carbocycles. The summed E-state index contributed by atoms with van der Waals surface area (Å²) < 4.78 is 5.63. The van der Waals surface area contributed by atoms with Crippen LogP contribution in [-0.4, -0.2) is 49.4 Å². The second-order valence-corrected chi connectivity index (χ2v) is 7.12. The SMILES string of the molecule is CCc1c(C)noc1-c1cnc(N2CCC(O)CC2)nc1-c1cnc(C)cn1. The molecule has 1 aliphatic heterocycles. The molecule has 0 radical (unpaired) electrons. The van der Waals surface area contributed by atoms with Gasteiger partial charge in [-0.3, -0.25) is 9.97 Å². The molecular weight excluding hydrogens is 356 g/mol. The van der Waals surface area contributed by atoms with Crippen molar-refractivity contribution in [1.82, 2.24) is 25.1 Å². The Kier molecular flexibility index (Phi) is 5.04. The van der Waals surface area contributed by atoms with Gasteiger partial charge in [0.15, 0.2) is 5.76 Å². The highest BCUT2D eigenvalue weighted by Gasteiger charge is 2.24. The second kappa shape index (κ2) is 7.63. The van der Waals surface area contributed by atoms with E-state index in [0.717, 1.165) is 42.0 Å². The Bertz CT molecular complexity index is 961. The number of aromatic nitrogens is 5. The Morgan fingerprint density at radius 3 is 2.57 bits per heavy atom. The van der Waals surface area contributed by atoms with Crippen molar-refractivity contribution in [3.8, 4) is 22.7 Å². The molecule has 146 valence electrons. The first-order valence-corrected chi connectivity index (χ1v) is 9.61. The van der Waals surface area contributed by atoms with Crippen LogP contribution in [0.2, 0.25) is 0 Å². The molecule has 1 N–H and O–H groups in total. The fourth-order valence-electron chi connectivity index (χ4n) is 3.48. The molecule has 1 aliphatic rings. The van der Waals surface area contributed by atoms with Crippen LogP contribution in [0.5, 0.6) is 0 Å². The molecule has 0 atom stereocenters. The lowest BCUT2D eigenvalue weighted by molar-refractivity contribution is 0.145. The minimum Gasteiger partial charge on any atom is -0.393 e. The Morgan fingerprint density at radius 1 is 1.11 bits per heavy atom. The molecule has 4 rings (SSSR count). The molecule has 0 spiro atoms. The Labute approximate surface area is 163 Å². The number of rotatable bonds is 4. The Morgan fingerprint density at radius 2 is 1.89 bits per heavy atom. The summed E-state index contributed by atoms with van der Waals surface area (Å²) in [5.74, 6) is 1.31. The highest BCUT2D eigenvalue weighted by molar-refractivity contribution is 5.78. The molecule has 0 saturated carbocycles. The lowest BCUT2D eigenvalue weighted by Crippen LogP contribution is -2.36. The van der Waals surface area contributed by atoms with Gasteiger partial charge in [-0.15, -0.1) is 0 Å². The second-order valence-electron chi connectivity index (χ2n) is 7.12. The van der Waals surface area contributed by atoms with Gasteiger partial charge in [0, 0.05) is 31.0 Å². The monoisotopic (exact) mass is 380 g/mol. The number of aryl methyl sites for hydroxylation is 2. The molecule has 4 heterocycles. The minimum absolute atomic E-state index is 0.248. The van der Waals surface area contributed by atoms with Crippen LogP contribution in [0.1, 0.15) is 36.7 Å². The van der Waals surface area contributed by atoms with Gasteiger partial charge in [-0.05, 0) is 33.1 Å². The van der Waals surface area contributed by atoms with E-state index >= 15 is 0 Å². The molecule has 8 heteroatoms. The van der Waals surface area contributed by atoms with Crippen molar-refractivity contribution < 1.29 is 9.63 Å². The zero-order chi connectivity index (χ0) is 19.7. The number of aliphatic hydroxyl groups excluding tert-OH is 1. The van der Waals surface area contributed by atoms with Gasteiger partial charge < -0.3 is 14.5 Å². The number of hydrogen-bond donors (Lipinski definition) is 1. The van der Waals surface area contributed by atoms with Crippen LogP contribution >= 0.6 is 0 Å². The quantitative estimate of drug-likeness (QED) is 0.737. The maximum atomic E-state index is 9.78. The predicted octanol–water partition coefficient (Wildman–Crippen LogP) is 2.73. The third kappa shape index (κ3) is 3.47. The van der Waals surface area contributed by atoms with E-state index < -0.39 is 0 Å². The molecule has 0 aromatic carbocycles. The van der Waals surface area contributed by atoms with Crippen LogP contribution in [0.25, 0.3) is 22.7 Å². The van der Waals surface area contributed by atoms with Gasteiger partial charge in [0.1, 0.15) is 11.4 Å². The van der Waals surface area contributed by atoms with Crippen LogP contribution < -0.4 is 4.90 Å². The number of hydrogen-bond acceptors (Lipinski definition) is 8. The molecule has 3 aromatic heterocycles. The van der Waals surface area contributed by atoms with E-state index in [9.17, 15) is 5.11 Å². The number of piperidine rings is 1. The largest absolute Gasteiger partial charge is 0.393 e. The first-order valence-electron chi connectivity index (χ1n) is 9.61. The summed E-state index contributed by atoms with van der Waals surface area (Å²) in [4.78, 5) is 20.4. The summed E-state index contributed by atoms with van der Waals surface area (Å²) in [6.07, 6.45) is 7.21. The van der Waals surface area contributed by atoms with Crippen LogP contribution in [0.4, 0.5) is 5.95 Å².